The Kier molecular flexibility index (Phi) is 4.52. The van der Waals surface area contributed by atoms with Crippen LogP contribution in [0.5, 0.6) is 0 Å². The molecular formula is C17H17F2N3O3. The predicted molar refractivity (Wildman–Crippen MR) is 83.8 cm³/mol. The maximum Gasteiger partial charge on any atom is 0.338 e. The number of nitrogens with one attached hydrogen (secondary N) is 1. The van der Waals surface area contributed by atoms with Crippen molar-refractivity contribution in [3.63, 3.8) is 0 Å². The van der Waals surface area contributed by atoms with Gasteiger partial charge in [0.1, 0.15) is 6.54 Å². The molecule has 1 aliphatic rings. The van der Waals surface area contributed by atoms with E-state index in [9.17, 15) is 18.4 Å². The van der Waals surface area contributed by atoms with E-state index >= 15 is 0 Å². The van der Waals surface area contributed by atoms with Gasteiger partial charge in [0.15, 0.2) is 11.6 Å². The second-order valence-corrected chi connectivity index (χ2v) is 6.17. The summed E-state index contributed by atoms with van der Waals surface area (Å²) in [5.41, 5.74) is -0.837. The lowest BCUT2D eigenvalue weighted by atomic mass is 9.87. The molecule has 6 nitrogen and oxygen atoms in total. The minimum Gasteiger partial charge on any atom is -0.478 e. The first kappa shape index (κ1) is 17.1. The fourth-order valence-corrected chi connectivity index (χ4v) is 3.33. The van der Waals surface area contributed by atoms with Gasteiger partial charge < -0.3 is 10.4 Å². The highest BCUT2D eigenvalue weighted by atomic mass is 19.2. The summed E-state index contributed by atoms with van der Waals surface area (Å²) in [6.45, 7) is -0.202. The van der Waals surface area contributed by atoms with Crippen molar-refractivity contribution in [1.29, 1.82) is 0 Å². The molecule has 0 saturated heterocycles. The Morgan fingerprint density at radius 1 is 1.28 bits per heavy atom. The first-order valence-electron chi connectivity index (χ1n) is 7.92. The van der Waals surface area contributed by atoms with E-state index < -0.39 is 29.0 Å². The van der Waals surface area contributed by atoms with E-state index in [2.05, 4.69) is 10.4 Å². The molecule has 132 valence electrons. The highest BCUT2D eigenvalue weighted by Gasteiger charge is 2.39. The smallest absolute Gasteiger partial charge is 0.338 e. The molecule has 1 aromatic heterocycles. The topological polar surface area (TPSA) is 84.2 Å². The summed E-state index contributed by atoms with van der Waals surface area (Å²) in [5, 5.41) is 15.5. The summed E-state index contributed by atoms with van der Waals surface area (Å²) in [5.74, 6) is -3.47. The molecular weight excluding hydrogens is 332 g/mol. The van der Waals surface area contributed by atoms with Gasteiger partial charge in [-0.1, -0.05) is 25.0 Å². The van der Waals surface area contributed by atoms with E-state index in [1.165, 1.54) is 23.0 Å². The number of carbonyl (C=O) groups is 2. The van der Waals surface area contributed by atoms with E-state index in [-0.39, 0.29) is 17.7 Å². The van der Waals surface area contributed by atoms with Crippen LogP contribution in [0.25, 0.3) is 0 Å². The number of rotatable bonds is 5. The number of carboxylic acids is 1. The lowest BCUT2D eigenvalue weighted by Gasteiger charge is -2.31. The van der Waals surface area contributed by atoms with Crippen LogP contribution in [0, 0.1) is 11.6 Å². The van der Waals surface area contributed by atoms with Crippen molar-refractivity contribution in [3.8, 4) is 0 Å². The Morgan fingerprint density at radius 2 is 2.00 bits per heavy atom. The van der Waals surface area contributed by atoms with Crippen molar-refractivity contribution in [2.45, 2.75) is 37.8 Å². The lowest BCUT2D eigenvalue weighted by molar-refractivity contribution is -0.124. The molecule has 8 heteroatoms. The van der Waals surface area contributed by atoms with Gasteiger partial charge in [-0.25, -0.2) is 13.6 Å². The zero-order chi connectivity index (χ0) is 18.0. The third-order valence-electron chi connectivity index (χ3n) is 4.49. The number of benzene rings is 1. The number of halogens is 2. The molecule has 0 aliphatic heterocycles. The minimum absolute atomic E-state index is 0.0282. The Bertz CT molecular complexity index is 813. The monoisotopic (exact) mass is 349 g/mol. The third kappa shape index (κ3) is 3.38. The quantitative estimate of drug-likeness (QED) is 0.868. The standard InChI is InChI=1S/C17H17F2N3O3/c18-13-5-3-4-12(15(13)19)17(6-1-2-7-17)21-14(23)10-22-9-11(8-20-22)16(24)25/h3-5,8-9H,1-2,6-7,10H2,(H,21,23)(H,24,25). The van der Waals surface area contributed by atoms with Crippen molar-refractivity contribution < 1.29 is 23.5 Å². The highest BCUT2D eigenvalue weighted by Crippen LogP contribution is 2.40. The zero-order valence-electron chi connectivity index (χ0n) is 13.3. The molecule has 0 atom stereocenters. The summed E-state index contributed by atoms with van der Waals surface area (Å²) >= 11 is 0. The number of hydrogen-bond acceptors (Lipinski definition) is 3. The average Bonchev–Trinajstić information content (AvgIpc) is 3.20. The summed E-state index contributed by atoms with van der Waals surface area (Å²) in [6, 6.07) is 3.95. The van der Waals surface area contributed by atoms with Crippen LogP contribution in [-0.4, -0.2) is 26.8 Å². The van der Waals surface area contributed by atoms with Gasteiger partial charge >= 0.3 is 5.97 Å². The van der Waals surface area contributed by atoms with Crippen LogP contribution >= 0.6 is 0 Å². The first-order chi connectivity index (χ1) is 11.9. The molecule has 1 heterocycles. The van der Waals surface area contributed by atoms with E-state index in [4.69, 9.17) is 5.11 Å². The van der Waals surface area contributed by atoms with Crippen LogP contribution in [0.15, 0.2) is 30.6 Å². The van der Waals surface area contributed by atoms with Crippen molar-refractivity contribution >= 4 is 11.9 Å². The molecule has 1 fully saturated rings. The number of aromatic carboxylic acids is 1. The van der Waals surface area contributed by atoms with E-state index in [0.717, 1.165) is 25.1 Å². The fraction of sp³-hybridized carbons (Fsp3) is 0.353. The van der Waals surface area contributed by atoms with Gasteiger partial charge in [-0.2, -0.15) is 5.10 Å². The summed E-state index contributed by atoms with van der Waals surface area (Å²) in [4.78, 5) is 23.2. The molecule has 0 spiro atoms. The van der Waals surface area contributed by atoms with Gasteiger partial charge in [-0.05, 0) is 18.9 Å². The number of aromatic nitrogens is 2. The van der Waals surface area contributed by atoms with Crippen LogP contribution in [0.2, 0.25) is 0 Å². The molecule has 1 aromatic carbocycles. The van der Waals surface area contributed by atoms with Gasteiger partial charge in [-0.3, -0.25) is 9.48 Å². The molecule has 3 rings (SSSR count). The zero-order valence-corrected chi connectivity index (χ0v) is 13.3. The van der Waals surface area contributed by atoms with Crippen LogP contribution in [-0.2, 0) is 16.9 Å². The second kappa shape index (κ2) is 6.62. The van der Waals surface area contributed by atoms with Crippen molar-refractivity contribution in [2.75, 3.05) is 0 Å². The van der Waals surface area contributed by atoms with Crippen LogP contribution in [0.3, 0.4) is 0 Å². The molecule has 1 saturated carbocycles. The maximum absolute atomic E-state index is 14.3. The molecule has 1 amide bonds. The molecule has 2 N–H and O–H groups in total. The van der Waals surface area contributed by atoms with Crippen molar-refractivity contribution in [1.82, 2.24) is 15.1 Å². The average molecular weight is 349 g/mol. The van der Waals surface area contributed by atoms with E-state index in [1.807, 2.05) is 0 Å². The summed E-state index contributed by atoms with van der Waals surface area (Å²) < 4.78 is 29.1. The second-order valence-electron chi connectivity index (χ2n) is 6.17. The van der Waals surface area contributed by atoms with Crippen molar-refractivity contribution in [2.24, 2.45) is 0 Å². The fourth-order valence-electron chi connectivity index (χ4n) is 3.33. The number of amides is 1. The highest BCUT2D eigenvalue weighted by molar-refractivity contribution is 5.87. The Labute approximate surface area is 142 Å². The van der Waals surface area contributed by atoms with Gasteiger partial charge in [0.2, 0.25) is 5.91 Å². The van der Waals surface area contributed by atoms with Gasteiger partial charge in [0.05, 0.1) is 17.3 Å². The predicted octanol–water partition coefficient (Wildman–Crippen LogP) is 2.45. The van der Waals surface area contributed by atoms with E-state index in [0.29, 0.717) is 12.8 Å². The summed E-state index contributed by atoms with van der Waals surface area (Å²) in [7, 11) is 0. The number of nitrogens with zero attached hydrogens (tertiary/aromatic N) is 2. The number of hydrogen-bond donors (Lipinski definition) is 2. The third-order valence-corrected chi connectivity index (χ3v) is 4.49. The van der Waals surface area contributed by atoms with Gasteiger partial charge in [-0.15, -0.1) is 0 Å². The van der Waals surface area contributed by atoms with Crippen LogP contribution < -0.4 is 5.32 Å². The normalized spacial score (nSPS) is 15.9. The minimum atomic E-state index is -1.14. The molecule has 0 unspecified atom stereocenters. The molecule has 0 radical (unpaired) electrons. The summed E-state index contributed by atoms with van der Waals surface area (Å²) in [6.07, 6.45) is 5.00. The molecule has 2 aromatic rings. The first-order valence-corrected chi connectivity index (χ1v) is 7.92. The number of carbonyl (C=O) groups excluding carboxylic acids is 1. The molecule has 1 aliphatic carbocycles. The number of carboxylic acid groups (broad SMARTS) is 1. The Balaban J connectivity index is 1.80. The van der Waals surface area contributed by atoms with Crippen LogP contribution in [0.1, 0.15) is 41.6 Å². The lowest BCUT2D eigenvalue weighted by Crippen LogP contribution is -2.45. The van der Waals surface area contributed by atoms with Crippen LogP contribution in [0.4, 0.5) is 8.78 Å². The SMILES string of the molecule is O=C(Cn1cc(C(=O)O)cn1)NC1(c2cccc(F)c2F)CCCC1. The molecule has 25 heavy (non-hydrogen) atoms. The maximum atomic E-state index is 14.3. The largest absolute Gasteiger partial charge is 0.478 e. The van der Waals surface area contributed by atoms with Gasteiger partial charge in [0, 0.05) is 11.8 Å². The van der Waals surface area contributed by atoms with E-state index in [1.54, 1.807) is 0 Å². The Hall–Kier alpha value is -2.77. The Morgan fingerprint density at radius 3 is 2.64 bits per heavy atom. The van der Waals surface area contributed by atoms with Gasteiger partial charge in [0.25, 0.3) is 0 Å². The van der Waals surface area contributed by atoms with Crippen molar-refractivity contribution in [3.05, 3.63) is 53.4 Å². The molecule has 0 bridgehead atoms.